The van der Waals surface area contributed by atoms with Gasteiger partial charge in [-0.1, -0.05) is 20.8 Å². The van der Waals surface area contributed by atoms with E-state index in [2.05, 4.69) is 28.6 Å². The highest BCUT2D eigenvalue weighted by Crippen LogP contribution is 1.82. The van der Waals surface area contributed by atoms with Gasteiger partial charge in [0.25, 0.3) is 0 Å². The molecule has 0 atom stereocenters. The van der Waals surface area contributed by atoms with Crippen molar-refractivity contribution >= 4 is 36.1 Å². The fourth-order valence-corrected chi connectivity index (χ4v) is 1.20. The molecule has 0 rings (SSSR count). The van der Waals surface area contributed by atoms with Crippen LogP contribution in [-0.4, -0.2) is 48.9 Å². The summed E-state index contributed by atoms with van der Waals surface area (Å²) in [5, 5.41) is 7.08. The minimum atomic E-state index is -0.468. The molecule has 8 heteroatoms. The zero-order chi connectivity index (χ0) is 16.7. The lowest BCUT2D eigenvalue weighted by Gasteiger charge is -2.07. The Hall–Kier alpha value is -1.57. The van der Waals surface area contributed by atoms with Crippen molar-refractivity contribution in [2.24, 2.45) is 0 Å². The standard InChI is InChI=1S/C11H19N3O4S.C2H6.3H2/c1-2-8(15)5-12-10(17)7-14-11(18)6-13-9(16)3-4-19;1-2;;;/h19H,2-7H2,1H3,(H,12,17)(H,13,16)(H,14,18);1-2H3;3*1H. The van der Waals surface area contributed by atoms with Gasteiger partial charge in [-0.25, -0.2) is 0 Å². The maximum atomic E-state index is 11.3. The van der Waals surface area contributed by atoms with Crippen LogP contribution in [0.1, 0.15) is 37.9 Å². The minimum Gasteiger partial charge on any atom is -0.347 e. The molecule has 3 N–H and O–H groups in total. The molecule has 0 bridgehead atoms. The van der Waals surface area contributed by atoms with Crippen molar-refractivity contribution in [3.63, 3.8) is 0 Å². The van der Waals surface area contributed by atoms with Crippen molar-refractivity contribution in [2.45, 2.75) is 33.6 Å². The molecular formula is C13H31N3O4S. The quantitative estimate of drug-likeness (QED) is 0.461. The lowest BCUT2D eigenvalue weighted by atomic mass is 10.3. The van der Waals surface area contributed by atoms with Crippen molar-refractivity contribution in [1.29, 1.82) is 0 Å². The van der Waals surface area contributed by atoms with Crippen LogP contribution >= 0.6 is 12.6 Å². The van der Waals surface area contributed by atoms with Crippen LogP contribution in [0.5, 0.6) is 0 Å². The van der Waals surface area contributed by atoms with Gasteiger partial charge in [-0.3, -0.25) is 19.2 Å². The number of thiol groups is 1. The third-order valence-electron chi connectivity index (χ3n) is 2.11. The average Bonchev–Trinajstić information content (AvgIpc) is 2.50. The molecule has 0 unspecified atom stereocenters. The number of Topliss-reactive ketones (excluding diaryl/α,β-unsaturated/α-hetero) is 1. The van der Waals surface area contributed by atoms with Gasteiger partial charge in [0.05, 0.1) is 19.6 Å². The van der Waals surface area contributed by atoms with E-state index < -0.39 is 11.8 Å². The number of rotatable bonds is 9. The smallest absolute Gasteiger partial charge is 0.239 e. The Labute approximate surface area is 135 Å². The topological polar surface area (TPSA) is 104 Å². The number of amides is 3. The van der Waals surface area contributed by atoms with Crippen LogP contribution < -0.4 is 16.0 Å². The zero-order valence-electron chi connectivity index (χ0n) is 12.8. The number of carbonyl (C=O) groups excluding carboxylic acids is 4. The molecule has 0 aromatic rings. The van der Waals surface area contributed by atoms with Gasteiger partial charge in [-0.15, -0.1) is 0 Å². The SMILES string of the molecule is CC.CCC(=O)CNC(=O)CNC(=O)CNC(=O)CCS.[HH].[HH].[HH]. The first-order valence-corrected chi connectivity index (χ1v) is 7.55. The van der Waals surface area contributed by atoms with Gasteiger partial charge in [0.1, 0.15) is 0 Å². The van der Waals surface area contributed by atoms with Gasteiger partial charge in [-0.05, 0) is 5.75 Å². The molecule has 0 aliphatic rings. The van der Waals surface area contributed by atoms with Crippen molar-refractivity contribution in [1.82, 2.24) is 16.0 Å². The van der Waals surface area contributed by atoms with Crippen LogP contribution in [0.4, 0.5) is 0 Å². The second kappa shape index (κ2) is 14.8. The summed E-state index contributed by atoms with van der Waals surface area (Å²) in [6.07, 6.45) is 0.583. The van der Waals surface area contributed by atoms with Crippen LogP contribution in [0.2, 0.25) is 0 Å². The molecule has 0 radical (unpaired) electrons. The Kier molecular flexibility index (Phi) is 15.3. The van der Waals surface area contributed by atoms with E-state index in [9.17, 15) is 19.2 Å². The van der Waals surface area contributed by atoms with E-state index in [4.69, 9.17) is 0 Å². The van der Waals surface area contributed by atoms with E-state index >= 15 is 0 Å². The minimum absolute atomic E-state index is 0. The highest BCUT2D eigenvalue weighted by Gasteiger charge is 2.07. The van der Waals surface area contributed by atoms with Gasteiger partial charge in [0, 0.05) is 17.1 Å². The fourth-order valence-electron chi connectivity index (χ4n) is 0.995. The second-order valence-corrected chi connectivity index (χ2v) is 4.14. The first-order valence-electron chi connectivity index (χ1n) is 6.92. The number of hydrogen-bond acceptors (Lipinski definition) is 5. The van der Waals surface area contributed by atoms with E-state index in [1.165, 1.54) is 0 Å². The first kappa shape index (κ1) is 21.7. The summed E-state index contributed by atoms with van der Waals surface area (Å²) in [6.45, 7) is 5.25. The highest BCUT2D eigenvalue weighted by atomic mass is 32.1. The van der Waals surface area contributed by atoms with Gasteiger partial charge >= 0.3 is 0 Å². The van der Waals surface area contributed by atoms with Crippen LogP contribution in [0, 0.1) is 0 Å². The number of ketones is 1. The average molecular weight is 325 g/mol. The number of carbonyl (C=O) groups is 4. The molecule has 3 amide bonds. The summed E-state index contributed by atoms with van der Waals surface area (Å²) in [5.74, 6) is -0.871. The van der Waals surface area contributed by atoms with Crippen molar-refractivity contribution in [3.8, 4) is 0 Å². The first-order chi connectivity index (χ1) is 9.99. The van der Waals surface area contributed by atoms with Crippen molar-refractivity contribution < 1.29 is 23.5 Å². The van der Waals surface area contributed by atoms with Gasteiger partial charge < -0.3 is 16.0 Å². The molecule has 0 spiro atoms. The maximum Gasteiger partial charge on any atom is 0.239 e. The van der Waals surface area contributed by atoms with E-state index in [-0.39, 0.29) is 42.0 Å². The van der Waals surface area contributed by atoms with Crippen LogP contribution in [0.15, 0.2) is 0 Å². The molecular weight excluding hydrogens is 294 g/mol. The van der Waals surface area contributed by atoms with Crippen LogP contribution in [0.25, 0.3) is 0 Å². The Bertz CT molecular complexity index is 361. The molecule has 0 aromatic carbocycles. The van der Waals surface area contributed by atoms with E-state index in [0.29, 0.717) is 12.2 Å². The van der Waals surface area contributed by atoms with Gasteiger partial charge in [0.15, 0.2) is 5.78 Å². The third kappa shape index (κ3) is 14.6. The molecule has 0 saturated carbocycles. The molecule has 0 aromatic heterocycles. The predicted molar refractivity (Wildman–Crippen MR) is 90.5 cm³/mol. The van der Waals surface area contributed by atoms with Crippen molar-refractivity contribution in [2.75, 3.05) is 25.4 Å². The summed E-state index contributed by atoms with van der Waals surface area (Å²) in [4.78, 5) is 44.5. The van der Waals surface area contributed by atoms with Crippen LogP contribution in [-0.2, 0) is 19.2 Å². The lowest BCUT2D eigenvalue weighted by Crippen LogP contribution is -2.42. The number of hydrogen-bond donors (Lipinski definition) is 4. The Morgan fingerprint density at radius 1 is 0.857 bits per heavy atom. The molecule has 128 valence electrons. The van der Waals surface area contributed by atoms with Crippen LogP contribution in [0.3, 0.4) is 0 Å². The summed E-state index contributed by atoms with van der Waals surface area (Å²) in [5.41, 5.74) is 0. The summed E-state index contributed by atoms with van der Waals surface area (Å²) in [7, 11) is 0. The Morgan fingerprint density at radius 3 is 1.71 bits per heavy atom. The van der Waals surface area contributed by atoms with E-state index in [1.54, 1.807) is 6.92 Å². The lowest BCUT2D eigenvalue weighted by molar-refractivity contribution is -0.128. The van der Waals surface area contributed by atoms with E-state index in [1.807, 2.05) is 13.8 Å². The Balaban J connectivity index is -0.000000231. The molecule has 7 nitrogen and oxygen atoms in total. The maximum absolute atomic E-state index is 11.3. The zero-order valence-corrected chi connectivity index (χ0v) is 13.7. The van der Waals surface area contributed by atoms with Gasteiger partial charge in [-0.2, -0.15) is 12.6 Å². The van der Waals surface area contributed by atoms with Gasteiger partial charge in [0.2, 0.25) is 17.7 Å². The summed E-state index contributed by atoms with van der Waals surface area (Å²) < 4.78 is 0. The highest BCUT2D eigenvalue weighted by molar-refractivity contribution is 7.80. The molecule has 0 aliphatic carbocycles. The molecule has 0 fully saturated rings. The second-order valence-electron chi connectivity index (χ2n) is 3.70. The number of nitrogens with one attached hydrogen (secondary N) is 3. The molecule has 21 heavy (non-hydrogen) atoms. The largest absolute Gasteiger partial charge is 0.347 e. The molecule has 0 aliphatic heterocycles. The van der Waals surface area contributed by atoms with Crippen molar-refractivity contribution in [3.05, 3.63) is 0 Å². The predicted octanol–water partition coefficient (Wildman–Crippen LogP) is 0.398. The fraction of sp³-hybridized carbons (Fsp3) is 0.692. The molecule has 0 heterocycles. The summed E-state index contributed by atoms with van der Waals surface area (Å²) in [6, 6.07) is 0. The monoisotopic (exact) mass is 325 g/mol. The summed E-state index contributed by atoms with van der Waals surface area (Å²) >= 11 is 3.88. The third-order valence-corrected chi connectivity index (χ3v) is 2.33. The van der Waals surface area contributed by atoms with E-state index in [0.717, 1.165) is 0 Å². The molecule has 0 saturated heterocycles. The Morgan fingerprint density at radius 2 is 1.29 bits per heavy atom. The normalized spacial score (nSPS) is 8.95.